The van der Waals surface area contributed by atoms with E-state index < -0.39 is 0 Å². The molecular weight excluding hydrogens is 242 g/mol. The Morgan fingerprint density at radius 3 is 3.12 bits per heavy atom. The van der Waals surface area contributed by atoms with Crippen molar-refractivity contribution < 1.29 is 9.53 Å². The zero-order valence-corrected chi connectivity index (χ0v) is 10.4. The first-order valence-electron chi connectivity index (χ1n) is 5.49. The van der Waals surface area contributed by atoms with Gasteiger partial charge >= 0.3 is 0 Å². The fourth-order valence-corrected chi connectivity index (χ4v) is 2.21. The number of rotatable bonds is 3. The number of aldehydes is 1. The quantitative estimate of drug-likeness (QED) is 0.606. The number of anilines is 1. The molecule has 2 rings (SSSR count). The van der Waals surface area contributed by atoms with E-state index in [1.54, 1.807) is 7.11 Å². The van der Waals surface area contributed by atoms with Gasteiger partial charge in [0, 0.05) is 20.2 Å². The van der Waals surface area contributed by atoms with E-state index in [-0.39, 0.29) is 11.3 Å². The molecule has 1 aromatic heterocycles. The minimum Gasteiger partial charge on any atom is -0.380 e. The molecule has 0 N–H and O–H groups in total. The van der Waals surface area contributed by atoms with E-state index in [1.165, 1.54) is 6.33 Å². The summed E-state index contributed by atoms with van der Waals surface area (Å²) in [6.07, 6.45) is 4.30. The van der Waals surface area contributed by atoms with Gasteiger partial charge in [0.2, 0.25) is 0 Å². The van der Waals surface area contributed by atoms with E-state index >= 15 is 0 Å². The summed E-state index contributed by atoms with van der Waals surface area (Å²) in [5.41, 5.74) is 0.353. The molecule has 1 atom stereocenters. The monoisotopic (exact) mass is 255 g/mol. The van der Waals surface area contributed by atoms with Gasteiger partial charge in [-0.15, -0.1) is 0 Å². The Hall–Kier alpha value is -1.20. The van der Waals surface area contributed by atoms with Crippen molar-refractivity contribution in [3.8, 4) is 0 Å². The molecule has 1 aliphatic rings. The number of hydrogen-bond donors (Lipinski definition) is 0. The topological polar surface area (TPSA) is 55.3 Å². The van der Waals surface area contributed by atoms with Crippen molar-refractivity contribution in [1.29, 1.82) is 0 Å². The van der Waals surface area contributed by atoms with E-state index in [0.717, 1.165) is 25.9 Å². The van der Waals surface area contributed by atoms with Crippen molar-refractivity contribution in [2.45, 2.75) is 18.9 Å². The van der Waals surface area contributed by atoms with Crippen LogP contribution in [0.1, 0.15) is 23.2 Å². The van der Waals surface area contributed by atoms with Gasteiger partial charge in [-0.2, -0.15) is 0 Å². The third-order valence-corrected chi connectivity index (χ3v) is 3.24. The van der Waals surface area contributed by atoms with E-state index in [0.29, 0.717) is 17.7 Å². The van der Waals surface area contributed by atoms with Crippen molar-refractivity contribution in [3.63, 3.8) is 0 Å². The maximum Gasteiger partial charge on any atom is 0.156 e. The number of nitrogens with zero attached hydrogens (tertiary/aromatic N) is 3. The lowest BCUT2D eigenvalue weighted by atomic mass is 10.1. The fraction of sp³-hybridized carbons (Fsp3) is 0.545. The van der Waals surface area contributed by atoms with Gasteiger partial charge < -0.3 is 9.64 Å². The molecule has 1 fully saturated rings. The molecule has 0 aromatic carbocycles. The Bertz CT molecular complexity index is 414. The molecule has 1 aliphatic heterocycles. The highest BCUT2D eigenvalue weighted by Crippen LogP contribution is 2.24. The van der Waals surface area contributed by atoms with Crippen LogP contribution in [-0.4, -0.2) is 42.6 Å². The van der Waals surface area contributed by atoms with Crippen LogP contribution in [0.25, 0.3) is 0 Å². The summed E-state index contributed by atoms with van der Waals surface area (Å²) < 4.78 is 5.34. The molecule has 17 heavy (non-hydrogen) atoms. The van der Waals surface area contributed by atoms with Crippen LogP contribution in [0.15, 0.2) is 6.33 Å². The first kappa shape index (κ1) is 12.3. The van der Waals surface area contributed by atoms with E-state index in [2.05, 4.69) is 9.97 Å². The molecule has 0 spiro atoms. The van der Waals surface area contributed by atoms with Gasteiger partial charge in [-0.05, 0) is 12.8 Å². The summed E-state index contributed by atoms with van der Waals surface area (Å²) in [6.45, 7) is 1.58. The zero-order chi connectivity index (χ0) is 12.3. The van der Waals surface area contributed by atoms with Crippen molar-refractivity contribution in [2.75, 3.05) is 25.1 Å². The van der Waals surface area contributed by atoms with Gasteiger partial charge in [0.1, 0.15) is 17.3 Å². The highest BCUT2D eigenvalue weighted by atomic mass is 35.5. The predicted octanol–water partition coefficient (Wildman–Crippen LogP) is 1.56. The standard InChI is InChI=1S/C11H14ClN3O2/c1-17-8-3-2-4-15(5-8)11-9(6-16)10(12)13-7-14-11/h6-8H,2-5H2,1H3. The molecular formula is C11H14ClN3O2. The molecule has 0 saturated carbocycles. The van der Waals surface area contributed by atoms with Crippen LogP contribution in [0.4, 0.5) is 5.82 Å². The minimum atomic E-state index is 0.178. The molecule has 92 valence electrons. The maximum atomic E-state index is 11.0. The second-order valence-corrected chi connectivity index (χ2v) is 4.32. The number of hydrogen-bond acceptors (Lipinski definition) is 5. The number of methoxy groups -OCH3 is 1. The predicted molar refractivity (Wildman–Crippen MR) is 64.7 cm³/mol. The number of aromatic nitrogens is 2. The van der Waals surface area contributed by atoms with E-state index in [4.69, 9.17) is 16.3 Å². The molecule has 0 radical (unpaired) electrons. The molecule has 0 aliphatic carbocycles. The average molecular weight is 256 g/mol. The van der Waals surface area contributed by atoms with Gasteiger partial charge in [0.25, 0.3) is 0 Å². The van der Waals surface area contributed by atoms with Crippen LogP contribution in [0.3, 0.4) is 0 Å². The Kier molecular flexibility index (Phi) is 3.91. The van der Waals surface area contributed by atoms with Crippen molar-refractivity contribution >= 4 is 23.7 Å². The highest BCUT2D eigenvalue weighted by Gasteiger charge is 2.23. The number of piperidine rings is 1. The lowest BCUT2D eigenvalue weighted by molar-refractivity contribution is 0.0890. The summed E-state index contributed by atoms with van der Waals surface area (Å²) >= 11 is 5.88. The minimum absolute atomic E-state index is 0.178. The molecule has 6 heteroatoms. The molecule has 2 heterocycles. The van der Waals surface area contributed by atoms with Crippen molar-refractivity contribution in [1.82, 2.24) is 9.97 Å². The highest BCUT2D eigenvalue weighted by molar-refractivity contribution is 6.32. The second-order valence-electron chi connectivity index (χ2n) is 3.97. The van der Waals surface area contributed by atoms with Crippen LogP contribution in [0, 0.1) is 0 Å². The number of carbonyl (C=O) groups is 1. The summed E-state index contributed by atoms with van der Waals surface area (Å²) in [5, 5.41) is 0.199. The summed E-state index contributed by atoms with van der Waals surface area (Å²) in [5.74, 6) is 0.599. The first-order valence-corrected chi connectivity index (χ1v) is 5.87. The van der Waals surface area contributed by atoms with Gasteiger partial charge in [-0.3, -0.25) is 4.79 Å². The van der Waals surface area contributed by atoms with Crippen LogP contribution < -0.4 is 4.90 Å². The van der Waals surface area contributed by atoms with Gasteiger partial charge in [0.15, 0.2) is 6.29 Å². The zero-order valence-electron chi connectivity index (χ0n) is 9.60. The van der Waals surface area contributed by atoms with Gasteiger partial charge in [0.05, 0.1) is 11.7 Å². The fourth-order valence-electron chi connectivity index (χ4n) is 2.04. The van der Waals surface area contributed by atoms with Crippen LogP contribution in [-0.2, 0) is 4.74 Å². The van der Waals surface area contributed by atoms with E-state index in [9.17, 15) is 4.79 Å². The second kappa shape index (κ2) is 5.42. The summed E-state index contributed by atoms with van der Waals surface area (Å²) in [6, 6.07) is 0. The lowest BCUT2D eigenvalue weighted by Gasteiger charge is -2.33. The van der Waals surface area contributed by atoms with E-state index in [1.807, 2.05) is 4.90 Å². The van der Waals surface area contributed by atoms with Gasteiger partial charge in [-0.25, -0.2) is 9.97 Å². The van der Waals surface area contributed by atoms with Crippen LogP contribution in [0.2, 0.25) is 5.15 Å². The molecule has 0 amide bonds. The smallest absolute Gasteiger partial charge is 0.156 e. The van der Waals surface area contributed by atoms with Crippen molar-refractivity contribution in [3.05, 3.63) is 17.0 Å². The Labute approximate surface area is 105 Å². The lowest BCUT2D eigenvalue weighted by Crippen LogP contribution is -2.40. The summed E-state index contributed by atoms with van der Waals surface area (Å²) in [4.78, 5) is 21.0. The molecule has 0 bridgehead atoms. The Balaban J connectivity index is 2.27. The molecule has 1 saturated heterocycles. The number of ether oxygens (including phenoxy) is 1. The molecule has 1 aromatic rings. The Morgan fingerprint density at radius 1 is 1.59 bits per heavy atom. The van der Waals surface area contributed by atoms with Crippen molar-refractivity contribution in [2.24, 2.45) is 0 Å². The average Bonchev–Trinajstić information content (AvgIpc) is 2.38. The first-order chi connectivity index (χ1) is 8.26. The normalized spacial score (nSPS) is 20.4. The molecule has 1 unspecified atom stereocenters. The van der Waals surface area contributed by atoms with Gasteiger partial charge in [-0.1, -0.05) is 11.6 Å². The SMILES string of the molecule is COC1CCCN(c2ncnc(Cl)c2C=O)C1. The number of halogens is 1. The molecule has 5 nitrogen and oxygen atoms in total. The largest absolute Gasteiger partial charge is 0.380 e. The Morgan fingerprint density at radius 2 is 2.41 bits per heavy atom. The van der Waals surface area contributed by atoms with Crippen LogP contribution >= 0.6 is 11.6 Å². The third kappa shape index (κ3) is 2.56. The van der Waals surface area contributed by atoms with Crippen LogP contribution in [0.5, 0.6) is 0 Å². The summed E-state index contributed by atoms with van der Waals surface area (Å²) in [7, 11) is 1.70. The third-order valence-electron chi connectivity index (χ3n) is 2.94. The maximum absolute atomic E-state index is 11.0. The number of carbonyl (C=O) groups excluding carboxylic acids is 1.